The standard InChI is InChI=1S/C12H24N2O2S/c1-4-17-6-5-10(2)14-11(15)7-16-12(3)8-13-9-12/h10,13H,4-9H2,1-3H3,(H,14,15). The quantitative estimate of drug-likeness (QED) is 0.640. The summed E-state index contributed by atoms with van der Waals surface area (Å²) in [5.74, 6) is 2.22. The first-order valence-corrected chi connectivity index (χ1v) is 7.43. The molecule has 1 saturated heterocycles. The van der Waals surface area contributed by atoms with Gasteiger partial charge in [-0.2, -0.15) is 11.8 Å². The van der Waals surface area contributed by atoms with Crippen molar-refractivity contribution in [3.05, 3.63) is 0 Å². The first-order valence-electron chi connectivity index (χ1n) is 6.27. The molecule has 0 radical (unpaired) electrons. The van der Waals surface area contributed by atoms with Crippen molar-refractivity contribution in [1.82, 2.24) is 10.6 Å². The number of hydrogen-bond acceptors (Lipinski definition) is 4. The smallest absolute Gasteiger partial charge is 0.246 e. The largest absolute Gasteiger partial charge is 0.363 e. The van der Waals surface area contributed by atoms with Crippen LogP contribution in [0.2, 0.25) is 0 Å². The Morgan fingerprint density at radius 3 is 2.82 bits per heavy atom. The van der Waals surface area contributed by atoms with Gasteiger partial charge in [-0.05, 0) is 31.8 Å². The van der Waals surface area contributed by atoms with Crippen molar-refractivity contribution in [2.24, 2.45) is 0 Å². The molecule has 1 atom stereocenters. The van der Waals surface area contributed by atoms with Gasteiger partial charge in [-0.3, -0.25) is 4.79 Å². The highest BCUT2D eigenvalue weighted by Crippen LogP contribution is 2.14. The van der Waals surface area contributed by atoms with Crippen molar-refractivity contribution in [1.29, 1.82) is 0 Å². The lowest BCUT2D eigenvalue weighted by atomic mass is 10.0. The Morgan fingerprint density at radius 1 is 1.59 bits per heavy atom. The van der Waals surface area contributed by atoms with Crippen LogP contribution in [0.25, 0.3) is 0 Å². The van der Waals surface area contributed by atoms with Crippen LogP contribution in [0.15, 0.2) is 0 Å². The van der Waals surface area contributed by atoms with Crippen LogP contribution in [-0.2, 0) is 9.53 Å². The highest BCUT2D eigenvalue weighted by atomic mass is 32.2. The summed E-state index contributed by atoms with van der Waals surface area (Å²) in [5.41, 5.74) is -0.140. The molecule has 0 spiro atoms. The van der Waals surface area contributed by atoms with Crippen molar-refractivity contribution >= 4 is 17.7 Å². The second-order valence-electron chi connectivity index (χ2n) is 4.80. The van der Waals surface area contributed by atoms with Gasteiger partial charge in [-0.15, -0.1) is 0 Å². The first kappa shape index (κ1) is 14.8. The normalized spacial score (nSPS) is 19.5. The number of hydrogen-bond donors (Lipinski definition) is 2. The fraction of sp³-hybridized carbons (Fsp3) is 0.917. The molecule has 100 valence electrons. The predicted molar refractivity (Wildman–Crippen MR) is 72.4 cm³/mol. The third-order valence-corrected chi connectivity index (χ3v) is 3.79. The van der Waals surface area contributed by atoms with Gasteiger partial charge in [0, 0.05) is 19.1 Å². The SMILES string of the molecule is CCSCCC(C)NC(=O)COC1(C)CNC1. The maximum atomic E-state index is 11.6. The molecule has 1 unspecified atom stereocenters. The Morgan fingerprint density at radius 2 is 2.29 bits per heavy atom. The number of amides is 1. The molecule has 0 saturated carbocycles. The van der Waals surface area contributed by atoms with Gasteiger partial charge in [0.05, 0.1) is 5.60 Å². The van der Waals surface area contributed by atoms with Crippen LogP contribution in [0.4, 0.5) is 0 Å². The van der Waals surface area contributed by atoms with E-state index in [9.17, 15) is 4.79 Å². The Labute approximate surface area is 108 Å². The van der Waals surface area contributed by atoms with E-state index in [0.717, 1.165) is 31.0 Å². The zero-order valence-electron chi connectivity index (χ0n) is 11.0. The highest BCUT2D eigenvalue weighted by molar-refractivity contribution is 7.99. The molecule has 2 N–H and O–H groups in total. The van der Waals surface area contributed by atoms with Gasteiger partial charge < -0.3 is 15.4 Å². The third kappa shape index (κ3) is 5.75. The van der Waals surface area contributed by atoms with Crippen LogP contribution in [-0.4, -0.2) is 48.8 Å². The summed E-state index contributed by atoms with van der Waals surface area (Å²) in [4.78, 5) is 11.6. The Balaban J connectivity index is 2.07. The molecule has 0 bridgehead atoms. The van der Waals surface area contributed by atoms with E-state index in [4.69, 9.17) is 4.74 Å². The number of carbonyl (C=O) groups is 1. The molecule has 1 aliphatic rings. The summed E-state index contributed by atoms with van der Waals surface area (Å²) < 4.78 is 5.57. The lowest BCUT2D eigenvalue weighted by Gasteiger charge is -2.38. The number of ether oxygens (including phenoxy) is 1. The van der Waals surface area contributed by atoms with Crippen molar-refractivity contribution < 1.29 is 9.53 Å². The summed E-state index contributed by atoms with van der Waals surface area (Å²) in [6, 6.07) is 0.234. The molecule has 1 heterocycles. The summed E-state index contributed by atoms with van der Waals surface area (Å²) in [6.45, 7) is 8.06. The third-order valence-electron chi connectivity index (χ3n) is 2.86. The molecule has 0 aliphatic carbocycles. The highest BCUT2D eigenvalue weighted by Gasteiger charge is 2.33. The summed E-state index contributed by atoms with van der Waals surface area (Å²) >= 11 is 1.90. The molecule has 1 amide bonds. The molecule has 1 fully saturated rings. The summed E-state index contributed by atoms with van der Waals surface area (Å²) in [5, 5.41) is 6.10. The summed E-state index contributed by atoms with van der Waals surface area (Å²) in [7, 11) is 0. The van der Waals surface area contributed by atoms with Crippen LogP contribution in [0.3, 0.4) is 0 Å². The van der Waals surface area contributed by atoms with Crippen LogP contribution in [0.5, 0.6) is 0 Å². The van der Waals surface area contributed by atoms with E-state index in [2.05, 4.69) is 17.6 Å². The second-order valence-corrected chi connectivity index (χ2v) is 6.19. The average Bonchev–Trinajstić information content (AvgIpc) is 2.24. The average molecular weight is 260 g/mol. The number of nitrogens with one attached hydrogen (secondary N) is 2. The minimum Gasteiger partial charge on any atom is -0.363 e. The van der Waals surface area contributed by atoms with E-state index < -0.39 is 0 Å². The van der Waals surface area contributed by atoms with E-state index >= 15 is 0 Å². The topological polar surface area (TPSA) is 50.4 Å². The Hall–Kier alpha value is -0.260. The number of thioether (sulfide) groups is 1. The number of carbonyl (C=O) groups excluding carboxylic acids is 1. The lowest BCUT2D eigenvalue weighted by molar-refractivity contribution is -0.136. The fourth-order valence-electron chi connectivity index (χ4n) is 1.61. The molecule has 0 aromatic rings. The maximum absolute atomic E-state index is 11.6. The second kappa shape index (κ2) is 7.24. The predicted octanol–water partition coefficient (Wildman–Crippen LogP) is 1.01. The van der Waals surface area contributed by atoms with Crippen molar-refractivity contribution in [2.75, 3.05) is 31.2 Å². The minimum atomic E-state index is -0.140. The zero-order valence-corrected chi connectivity index (χ0v) is 11.9. The molecule has 1 aliphatic heterocycles. The van der Waals surface area contributed by atoms with E-state index in [1.54, 1.807) is 0 Å². The first-order chi connectivity index (χ1) is 8.06. The van der Waals surface area contributed by atoms with Gasteiger partial charge in [0.15, 0.2) is 0 Å². The molecular formula is C12H24N2O2S. The summed E-state index contributed by atoms with van der Waals surface area (Å²) in [6.07, 6.45) is 1.02. The number of rotatable bonds is 8. The monoisotopic (exact) mass is 260 g/mol. The van der Waals surface area contributed by atoms with E-state index in [0.29, 0.717) is 0 Å². The molecule has 0 aromatic carbocycles. The van der Waals surface area contributed by atoms with Gasteiger partial charge in [0.2, 0.25) is 5.91 Å². The van der Waals surface area contributed by atoms with Crippen LogP contribution < -0.4 is 10.6 Å². The Kier molecular flexibility index (Phi) is 6.30. The molecule has 0 aromatic heterocycles. The minimum absolute atomic E-state index is 0.00729. The van der Waals surface area contributed by atoms with E-state index in [-0.39, 0.29) is 24.2 Å². The van der Waals surface area contributed by atoms with E-state index in [1.807, 2.05) is 25.6 Å². The molecule has 4 nitrogen and oxygen atoms in total. The van der Waals surface area contributed by atoms with Crippen molar-refractivity contribution in [3.63, 3.8) is 0 Å². The fourth-order valence-corrected chi connectivity index (χ4v) is 2.42. The van der Waals surface area contributed by atoms with Gasteiger partial charge in [-0.25, -0.2) is 0 Å². The Bertz CT molecular complexity index is 245. The van der Waals surface area contributed by atoms with Crippen LogP contribution >= 0.6 is 11.8 Å². The van der Waals surface area contributed by atoms with Crippen molar-refractivity contribution in [2.45, 2.75) is 38.8 Å². The molecule has 5 heteroatoms. The molecule has 17 heavy (non-hydrogen) atoms. The van der Waals surface area contributed by atoms with Gasteiger partial charge >= 0.3 is 0 Å². The van der Waals surface area contributed by atoms with Gasteiger partial charge in [-0.1, -0.05) is 6.92 Å². The molecular weight excluding hydrogens is 236 g/mol. The van der Waals surface area contributed by atoms with Crippen LogP contribution in [0.1, 0.15) is 27.2 Å². The van der Waals surface area contributed by atoms with Crippen LogP contribution in [0, 0.1) is 0 Å². The maximum Gasteiger partial charge on any atom is 0.246 e. The zero-order chi connectivity index (χ0) is 12.7. The van der Waals surface area contributed by atoms with Gasteiger partial charge in [0.25, 0.3) is 0 Å². The lowest BCUT2D eigenvalue weighted by Crippen LogP contribution is -2.59. The van der Waals surface area contributed by atoms with E-state index in [1.165, 1.54) is 0 Å². The van der Waals surface area contributed by atoms with Gasteiger partial charge in [0.1, 0.15) is 6.61 Å². The molecule has 1 rings (SSSR count). The van der Waals surface area contributed by atoms with Crippen molar-refractivity contribution in [3.8, 4) is 0 Å².